The average molecular weight is 412 g/mol. The van der Waals surface area contributed by atoms with Crippen molar-refractivity contribution in [2.24, 2.45) is 5.92 Å². The van der Waals surface area contributed by atoms with E-state index in [0.29, 0.717) is 0 Å². The molecule has 0 radical (unpaired) electrons. The van der Waals surface area contributed by atoms with Crippen molar-refractivity contribution >= 4 is 28.6 Å². The number of esters is 1. The molecule has 0 saturated carbocycles. The van der Waals surface area contributed by atoms with E-state index in [1.165, 1.54) is 13.1 Å². The number of alkyl halides is 2. The van der Waals surface area contributed by atoms with Crippen molar-refractivity contribution < 1.29 is 18.7 Å². The maximum Gasteiger partial charge on any atom is 0.330 e. The fourth-order valence-corrected chi connectivity index (χ4v) is 2.95. The minimum atomic E-state index is -2.19. The Hall–Kier alpha value is -1.23. The normalized spacial score (nSPS) is 32.1. The molecule has 1 saturated heterocycles. The maximum atomic E-state index is 14.8. The summed E-state index contributed by atoms with van der Waals surface area (Å²) in [4.78, 5) is 36.1. The number of hydrogen-bond donors (Lipinski definition) is 1. The van der Waals surface area contributed by atoms with Gasteiger partial charge in [0.05, 0.1) is 4.43 Å². The first-order valence-electron chi connectivity index (χ1n) is 6.20. The number of nitrogens with zero attached hydrogens (tertiary/aromatic N) is 1. The van der Waals surface area contributed by atoms with Crippen molar-refractivity contribution in [3.05, 3.63) is 33.1 Å². The first-order chi connectivity index (χ1) is 9.78. The van der Waals surface area contributed by atoms with Gasteiger partial charge in [0.2, 0.25) is 0 Å². The molecule has 0 aliphatic carbocycles. The van der Waals surface area contributed by atoms with E-state index in [9.17, 15) is 18.8 Å². The molecular formula is C12H14FIN2O5. The molecule has 0 aromatic carbocycles. The van der Waals surface area contributed by atoms with Crippen LogP contribution in [-0.4, -0.2) is 31.9 Å². The zero-order chi connectivity index (χ0) is 15.8. The standard InChI is InChI=1S/C12H14FIN2O5/c1-6-9(20-7(2)17)12(13,5-14)21-10(6)16-4-3-8(18)15-11(16)19/h3-4,6,9-10H,5H2,1-2H3,(H,15,18,19)/t6-,9-,10+,12+/m0/s1. The van der Waals surface area contributed by atoms with E-state index in [1.54, 1.807) is 29.5 Å². The molecular weight excluding hydrogens is 398 g/mol. The Kier molecular flexibility index (Phi) is 4.51. The van der Waals surface area contributed by atoms with Gasteiger partial charge in [-0.1, -0.05) is 29.5 Å². The lowest BCUT2D eigenvalue weighted by Crippen LogP contribution is -2.41. The van der Waals surface area contributed by atoms with Gasteiger partial charge in [0.15, 0.2) is 6.10 Å². The number of carbonyl (C=O) groups is 1. The smallest absolute Gasteiger partial charge is 0.330 e. The molecule has 9 heteroatoms. The Balaban J connectivity index is 2.41. The van der Waals surface area contributed by atoms with Crippen LogP contribution < -0.4 is 11.2 Å². The summed E-state index contributed by atoms with van der Waals surface area (Å²) in [6, 6.07) is 1.14. The summed E-state index contributed by atoms with van der Waals surface area (Å²) in [6.45, 7) is 2.79. The lowest BCUT2D eigenvalue weighted by atomic mass is 10.0. The van der Waals surface area contributed by atoms with E-state index >= 15 is 0 Å². The molecule has 21 heavy (non-hydrogen) atoms. The van der Waals surface area contributed by atoms with Crippen LogP contribution >= 0.6 is 22.6 Å². The Morgan fingerprint density at radius 1 is 1.62 bits per heavy atom. The fraction of sp³-hybridized carbons (Fsp3) is 0.583. The summed E-state index contributed by atoms with van der Waals surface area (Å²) in [5, 5.41) is 0. The van der Waals surface area contributed by atoms with E-state index in [0.717, 1.165) is 10.6 Å². The van der Waals surface area contributed by atoms with E-state index in [1.807, 2.05) is 0 Å². The highest BCUT2D eigenvalue weighted by molar-refractivity contribution is 14.1. The fourth-order valence-electron chi connectivity index (χ4n) is 2.34. The number of aromatic nitrogens is 2. The molecule has 1 fully saturated rings. The number of rotatable bonds is 3. The molecule has 1 aliphatic heterocycles. The van der Waals surface area contributed by atoms with Crippen LogP contribution in [0.1, 0.15) is 20.1 Å². The molecule has 0 spiro atoms. The van der Waals surface area contributed by atoms with Crippen LogP contribution in [0, 0.1) is 5.92 Å². The third-order valence-electron chi connectivity index (χ3n) is 3.27. The van der Waals surface area contributed by atoms with Gasteiger partial charge < -0.3 is 9.47 Å². The van der Waals surface area contributed by atoms with Crippen molar-refractivity contribution in [2.45, 2.75) is 32.0 Å². The van der Waals surface area contributed by atoms with Crippen molar-refractivity contribution in [1.82, 2.24) is 9.55 Å². The minimum Gasteiger partial charge on any atom is -0.456 e. The largest absolute Gasteiger partial charge is 0.456 e. The predicted octanol–water partition coefficient (Wildman–Crippen LogP) is 0.734. The molecule has 1 N–H and O–H groups in total. The van der Waals surface area contributed by atoms with Gasteiger partial charge in [0.25, 0.3) is 11.4 Å². The van der Waals surface area contributed by atoms with Gasteiger partial charge in [-0.25, -0.2) is 9.18 Å². The topological polar surface area (TPSA) is 90.4 Å². The molecule has 0 amide bonds. The van der Waals surface area contributed by atoms with Gasteiger partial charge >= 0.3 is 11.7 Å². The summed E-state index contributed by atoms with van der Waals surface area (Å²) in [6.07, 6.45) is -0.874. The third kappa shape index (κ3) is 3.03. The lowest BCUT2D eigenvalue weighted by Gasteiger charge is -2.24. The summed E-state index contributed by atoms with van der Waals surface area (Å²) in [5.74, 6) is -3.42. The summed E-state index contributed by atoms with van der Waals surface area (Å²) in [5.41, 5.74) is -1.27. The van der Waals surface area contributed by atoms with Crippen LogP contribution in [0.4, 0.5) is 4.39 Å². The monoisotopic (exact) mass is 412 g/mol. The Labute approximate surface area is 132 Å². The van der Waals surface area contributed by atoms with Gasteiger partial charge in [-0.3, -0.25) is 19.1 Å². The Bertz CT molecular complexity index is 660. The summed E-state index contributed by atoms with van der Waals surface area (Å²) >= 11 is 1.79. The predicted molar refractivity (Wildman–Crippen MR) is 78.9 cm³/mol. The van der Waals surface area contributed by atoms with Crippen molar-refractivity contribution in [2.75, 3.05) is 4.43 Å². The number of H-pyrrole nitrogens is 1. The van der Waals surface area contributed by atoms with Crippen LogP contribution in [-0.2, 0) is 14.3 Å². The Morgan fingerprint density at radius 2 is 2.29 bits per heavy atom. The molecule has 0 unspecified atom stereocenters. The second-order valence-corrected chi connectivity index (χ2v) is 5.60. The van der Waals surface area contributed by atoms with E-state index in [4.69, 9.17) is 9.47 Å². The molecule has 0 bridgehead atoms. The number of halogens is 2. The minimum absolute atomic E-state index is 0.0678. The van der Waals surface area contributed by atoms with Crippen molar-refractivity contribution in [3.63, 3.8) is 0 Å². The summed E-state index contributed by atoms with van der Waals surface area (Å²) < 4.78 is 26.1. The number of hydrogen-bond acceptors (Lipinski definition) is 5. The number of aromatic amines is 1. The zero-order valence-corrected chi connectivity index (χ0v) is 13.5. The molecule has 116 valence electrons. The highest BCUT2D eigenvalue weighted by Gasteiger charge is 2.56. The van der Waals surface area contributed by atoms with Gasteiger partial charge in [-0.05, 0) is 0 Å². The second kappa shape index (κ2) is 5.87. The average Bonchev–Trinajstić information content (AvgIpc) is 2.64. The van der Waals surface area contributed by atoms with Crippen molar-refractivity contribution in [1.29, 1.82) is 0 Å². The molecule has 7 nitrogen and oxygen atoms in total. The molecule has 1 aromatic heterocycles. The highest BCUT2D eigenvalue weighted by Crippen LogP contribution is 2.44. The SMILES string of the molecule is CC(=O)O[C@H]1[C@H](C)[C@H](n2ccc(=O)[nH]c2=O)O[C@]1(F)CI. The van der Waals surface area contributed by atoms with E-state index < -0.39 is 41.3 Å². The quantitative estimate of drug-likeness (QED) is 0.449. The van der Waals surface area contributed by atoms with Crippen LogP contribution in [0.2, 0.25) is 0 Å². The molecule has 1 aromatic rings. The molecule has 4 atom stereocenters. The highest BCUT2D eigenvalue weighted by atomic mass is 127. The van der Waals surface area contributed by atoms with Gasteiger partial charge in [0.1, 0.15) is 6.23 Å². The lowest BCUT2D eigenvalue weighted by molar-refractivity contribution is -0.188. The molecule has 2 heterocycles. The second-order valence-electron chi connectivity index (χ2n) is 4.83. The number of nitrogens with one attached hydrogen (secondary N) is 1. The van der Waals surface area contributed by atoms with Crippen LogP contribution in [0.5, 0.6) is 0 Å². The first-order valence-corrected chi connectivity index (χ1v) is 7.72. The number of ether oxygens (including phenoxy) is 2. The van der Waals surface area contributed by atoms with E-state index in [2.05, 4.69) is 4.98 Å². The van der Waals surface area contributed by atoms with Gasteiger partial charge in [-0.2, -0.15) is 0 Å². The maximum absolute atomic E-state index is 14.8. The Morgan fingerprint density at radius 3 is 2.81 bits per heavy atom. The van der Waals surface area contributed by atoms with Crippen molar-refractivity contribution in [3.8, 4) is 0 Å². The summed E-state index contributed by atoms with van der Waals surface area (Å²) in [7, 11) is 0. The van der Waals surface area contributed by atoms with Crippen LogP contribution in [0.15, 0.2) is 21.9 Å². The van der Waals surface area contributed by atoms with Crippen LogP contribution in [0.25, 0.3) is 0 Å². The zero-order valence-electron chi connectivity index (χ0n) is 11.3. The molecule has 1 aliphatic rings. The first kappa shape index (κ1) is 16.1. The van der Waals surface area contributed by atoms with Gasteiger partial charge in [-0.15, -0.1) is 0 Å². The number of carbonyl (C=O) groups excluding carboxylic acids is 1. The van der Waals surface area contributed by atoms with E-state index in [-0.39, 0.29) is 4.43 Å². The molecule has 2 rings (SSSR count). The van der Waals surface area contributed by atoms with Crippen LogP contribution in [0.3, 0.4) is 0 Å². The van der Waals surface area contributed by atoms with Gasteiger partial charge in [0, 0.05) is 25.1 Å². The third-order valence-corrected chi connectivity index (χ3v) is 4.31.